The molecule has 2 amide bonds. The van der Waals surface area contributed by atoms with Gasteiger partial charge in [-0.3, -0.25) is 0 Å². The number of rotatable bonds is 6. The van der Waals surface area contributed by atoms with E-state index < -0.39 is 0 Å². The van der Waals surface area contributed by atoms with Gasteiger partial charge in [0.2, 0.25) is 0 Å². The summed E-state index contributed by atoms with van der Waals surface area (Å²) in [5, 5.41) is 9.76. The van der Waals surface area contributed by atoms with Crippen molar-refractivity contribution in [3.8, 4) is 5.82 Å². The molecule has 2 heterocycles. The van der Waals surface area contributed by atoms with Gasteiger partial charge in [-0.25, -0.2) is 14.5 Å². The number of urea groups is 1. The fraction of sp³-hybridized carbons (Fsp3) is 0.357. The number of carbonyl (C=O) groups excluding carboxylic acids is 1. The van der Waals surface area contributed by atoms with Gasteiger partial charge in [0.05, 0.1) is 0 Å². The summed E-state index contributed by atoms with van der Waals surface area (Å²) in [5.41, 5.74) is 0.983. The number of hydrogen-bond donors (Lipinski definition) is 2. The van der Waals surface area contributed by atoms with Gasteiger partial charge in [-0.05, 0) is 30.2 Å². The lowest BCUT2D eigenvalue weighted by Crippen LogP contribution is -2.35. The lowest BCUT2D eigenvalue weighted by Gasteiger charge is -2.08. The van der Waals surface area contributed by atoms with Crippen molar-refractivity contribution in [1.82, 2.24) is 25.4 Å². The topological polar surface area (TPSA) is 71.8 Å². The molecule has 20 heavy (non-hydrogen) atoms. The van der Waals surface area contributed by atoms with Crippen molar-refractivity contribution < 1.29 is 4.79 Å². The number of nitrogens with zero attached hydrogens (tertiary/aromatic N) is 3. The third kappa shape index (κ3) is 4.08. The first kappa shape index (κ1) is 14.0. The molecule has 0 saturated heterocycles. The van der Waals surface area contributed by atoms with Crippen molar-refractivity contribution >= 4 is 6.03 Å². The predicted molar refractivity (Wildman–Crippen MR) is 76.5 cm³/mol. The van der Waals surface area contributed by atoms with E-state index in [4.69, 9.17) is 0 Å². The minimum atomic E-state index is -0.143. The third-order valence-electron chi connectivity index (χ3n) is 2.82. The van der Waals surface area contributed by atoms with Gasteiger partial charge >= 0.3 is 6.03 Å². The number of hydrogen-bond acceptors (Lipinski definition) is 3. The summed E-state index contributed by atoms with van der Waals surface area (Å²) >= 11 is 0. The standard InChI is InChI=1S/C14H19N5O/c1-2-3-6-16-14(20)17-11-12-5-8-15-13(10-12)19-9-4-7-18-19/h4-5,7-10H,2-3,6,11H2,1H3,(H2,16,17,20). The molecule has 0 aromatic carbocycles. The van der Waals surface area contributed by atoms with Gasteiger partial charge in [-0.15, -0.1) is 0 Å². The zero-order valence-electron chi connectivity index (χ0n) is 11.5. The second kappa shape index (κ2) is 7.28. The third-order valence-corrected chi connectivity index (χ3v) is 2.82. The van der Waals surface area contributed by atoms with Crippen LogP contribution in [0.4, 0.5) is 4.79 Å². The number of nitrogens with one attached hydrogen (secondary N) is 2. The second-order valence-electron chi connectivity index (χ2n) is 4.44. The van der Waals surface area contributed by atoms with E-state index in [0.29, 0.717) is 13.1 Å². The number of unbranched alkanes of at least 4 members (excludes halogenated alkanes) is 1. The van der Waals surface area contributed by atoms with Gasteiger partial charge in [0, 0.05) is 31.7 Å². The molecule has 0 aliphatic rings. The van der Waals surface area contributed by atoms with E-state index in [0.717, 1.165) is 24.2 Å². The van der Waals surface area contributed by atoms with Crippen LogP contribution in [0.2, 0.25) is 0 Å². The first-order chi connectivity index (χ1) is 9.79. The van der Waals surface area contributed by atoms with Gasteiger partial charge < -0.3 is 10.6 Å². The Hall–Kier alpha value is -2.37. The summed E-state index contributed by atoms with van der Waals surface area (Å²) in [5.74, 6) is 0.737. The van der Waals surface area contributed by atoms with Crippen LogP contribution < -0.4 is 10.6 Å². The van der Waals surface area contributed by atoms with Crippen molar-refractivity contribution in [1.29, 1.82) is 0 Å². The molecule has 0 bridgehead atoms. The highest BCUT2D eigenvalue weighted by Gasteiger charge is 2.02. The van der Waals surface area contributed by atoms with Crippen LogP contribution in [-0.4, -0.2) is 27.3 Å². The van der Waals surface area contributed by atoms with E-state index in [-0.39, 0.29) is 6.03 Å². The van der Waals surface area contributed by atoms with Gasteiger partial charge in [0.25, 0.3) is 0 Å². The summed E-state index contributed by atoms with van der Waals surface area (Å²) in [6.07, 6.45) is 7.30. The Balaban J connectivity index is 1.87. The summed E-state index contributed by atoms with van der Waals surface area (Å²) < 4.78 is 1.69. The summed E-state index contributed by atoms with van der Waals surface area (Å²) in [6.45, 7) is 3.26. The molecule has 0 unspecified atom stereocenters. The van der Waals surface area contributed by atoms with Crippen molar-refractivity contribution in [3.05, 3.63) is 42.4 Å². The van der Waals surface area contributed by atoms with Crippen LogP contribution in [0.1, 0.15) is 25.3 Å². The normalized spacial score (nSPS) is 10.2. The van der Waals surface area contributed by atoms with E-state index >= 15 is 0 Å². The van der Waals surface area contributed by atoms with Crippen LogP contribution >= 0.6 is 0 Å². The molecule has 0 atom stereocenters. The average molecular weight is 273 g/mol. The Morgan fingerprint density at radius 1 is 1.35 bits per heavy atom. The van der Waals surface area contributed by atoms with Crippen molar-refractivity contribution in [3.63, 3.8) is 0 Å². The molecule has 6 heteroatoms. The van der Waals surface area contributed by atoms with Crippen molar-refractivity contribution in [2.45, 2.75) is 26.3 Å². The van der Waals surface area contributed by atoms with Crippen molar-refractivity contribution in [2.75, 3.05) is 6.54 Å². The molecule has 106 valence electrons. The zero-order chi connectivity index (χ0) is 14.2. The first-order valence-electron chi connectivity index (χ1n) is 6.76. The summed E-state index contributed by atoms with van der Waals surface area (Å²) in [4.78, 5) is 15.8. The van der Waals surface area contributed by atoms with Crippen LogP contribution in [0.5, 0.6) is 0 Å². The van der Waals surface area contributed by atoms with Crippen LogP contribution in [-0.2, 0) is 6.54 Å². The van der Waals surface area contributed by atoms with E-state index in [9.17, 15) is 4.79 Å². The largest absolute Gasteiger partial charge is 0.338 e. The van der Waals surface area contributed by atoms with Crippen LogP contribution in [0.15, 0.2) is 36.8 Å². The van der Waals surface area contributed by atoms with E-state index in [1.807, 2.05) is 24.4 Å². The fourth-order valence-corrected chi connectivity index (χ4v) is 1.72. The minimum Gasteiger partial charge on any atom is -0.338 e. The number of amides is 2. The van der Waals surface area contributed by atoms with E-state index in [1.54, 1.807) is 17.1 Å². The molecular formula is C14H19N5O. The maximum absolute atomic E-state index is 11.5. The lowest BCUT2D eigenvalue weighted by molar-refractivity contribution is 0.240. The molecule has 2 N–H and O–H groups in total. The lowest BCUT2D eigenvalue weighted by atomic mass is 10.2. The Labute approximate surface area is 118 Å². The number of pyridine rings is 1. The van der Waals surface area contributed by atoms with Gasteiger partial charge in [0.15, 0.2) is 5.82 Å². The Kier molecular flexibility index (Phi) is 5.11. The molecule has 0 saturated carbocycles. The highest BCUT2D eigenvalue weighted by Crippen LogP contribution is 2.05. The quantitative estimate of drug-likeness (QED) is 0.789. The molecule has 6 nitrogen and oxygen atoms in total. The molecule has 0 spiro atoms. The van der Waals surface area contributed by atoms with Crippen LogP contribution in [0.3, 0.4) is 0 Å². The predicted octanol–water partition coefficient (Wildman–Crippen LogP) is 1.87. The first-order valence-corrected chi connectivity index (χ1v) is 6.76. The maximum atomic E-state index is 11.5. The molecule has 0 radical (unpaired) electrons. The number of carbonyl (C=O) groups is 1. The molecule has 0 fully saturated rings. The fourth-order valence-electron chi connectivity index (χ4n) is 1.72. The highest BCUT2D eigenvalue weighted by molar-refractivity contribution is 5.73. The smallest absolute Gasteiger partial charge is 0.315 e. The van der Waals surface area contributed by atoms with E-state index in [1.165, 1.54) is 0 Å². The summed E-state index contributed by atoms with van der Waals surface area (Å²) in [7, 11) is 0. The van der Waals surface area contributed by atoms with Gasteiger partial charge in [0.1, 0.15) is 0 Å². The van der Waals surface area contributed by atoms with E-state index in [2.05, 4.69) is 27.6 Å². The maximum Gasteiger partial charge on any atom is 0.315 e. The second-order valence-corrected chi connectivity index (χ2v) is 4.44. The zero-order valence-corrected chi connectivity index (χ0v) is 11.5. The molecule has 0 aliphatic carbocycles. The monoisotopic (exact) mass is 273 g/mol. The van der Waals surface area contributed by atoms with Crippen LogP contribution in [0, 0.1) is 0 Å². The molecule has 2 aromatic heterocycles. The van der Waals surface area contributed by atoms with Gasteiger partial charge in [-0.2, -0.15) is 5.10 Å². The summed E-state index contributed by atoms with van der Waals surface area (Å²) in [6, 6.07) is 5.47. The molecular weight excluding hydrogens is 254 g/mol. The average Bonchev–Trinajstić information content (AvgIpc) is 3.00. The Bertz CT molecular complexity index is 538. The molecule has 2 rings (SSSR count). The van der Waals surface area contributed by atoms with Gasteiger partial charge in [-0.1, -0.05) is 13.3 Å². The SMILES string of the molecule is CCCCNC(=O)NCc1ccnc(-n2cccn2)c1. The molecule has 0 aliphatic heterocycles. The number of aromatic nitrogens is 3. The van der Waals surface area contributed by atoms with Crippen molar-refractivity contribution in [2.24, 2.45) is 0 Å². The minimum absolute atomic E-state index is 0.143. The highest BCUT2D eigenvalue weighted by atomic mass is 16.2. The molecule has 2 aromatic rings. The van der Waals surface area contributed by atoms with Crippen LogP contribution in [0.25, 0.3) is 5.82 Å². The Morgan fingerprint density at radius 3 is 3.00 bits per heavy atom. The Morgan fingerprint density at radius 2 is 2.25 bits per heavy atom.